The summed E-state index contributed by atoms with van der Waals surface area (Å²) in [5.41, 5.74) is 5.26. The van der Waals surface area contributed by atoms with Crippen LogP contribution in [0.4, 0.5) is 0 Å². The van der Waals surface area contributed by atoms with Crippen LogP contribution >= 0.6 is 11.8 Å². The lowest BCUT2D eigenvalue weighted by atomic mass is 10.3. The molecule has 1 atom stereocenters. The maximum Gasteiger partial charge on any atom is 0.255 e. The monoisotopic (exact) mass is 229 g/mol. The highest BCUT2D eigenvalue weighted by Gasteiger charge is 2.17. The van der Waals surface area contributed by atoms with E-state index in [-0.39, 0.29) is 18.0 Å². The molecule has 0 aliphatic carbocycles. The smallest absolute Gasteiger partial charge is 0.255 e. The minimum Gasteiger partial charge on any atom is -0.440 e. The summed E-state index contributed by atoms with van der Waals surface area (Å²) in [6.07, 6.45) is 3.06. The van der Waals surface area contributed by atoms with Crippen LogP contribution in [0.5, 0.6) is 0 Å². The first-order valence-corrected chi connectivity index (χ1v) is 5.66. The van der Waals surface area contributed by atoms with E-state index in [0.29, 0.717) is 11.0 Å². The number of nitrogens with one attached hydrogen (secondary N) is 1. The third-order valence-corrected chi connectivity index (χ3v) is 2.61. The summed E-state index contributed by atoms with van der Waals surface area (Å²) in [7, 11) is 0. The van der Waals surface area contributed by atoms with Crippen molar-refractivity contribution in [1.82, 2.24) is 10.3 Å². The highest BCUT2D eigenvalue weighted by molar-refractivity contribution is 7.99. The fourth-order valence-corrected chi connectivity index (χ4v) is 1.88. The Morgan fingerprint density at radius 1 is 1.73 bits per heavy atom. The molecule has 0 aromatic carbocycles. The van der Waals surface area contributed by atoms with Gasteiger partial charge in [-0.3, -0.25) is 4.79 Å². The molecule has 1 heterocycles. The lowest BCUT2D eigenvalue weighted by Crippen LogP contribution is -2.46. The summed E-state index contributed by atoms with van der Waals surface area (Å²) in [4.78, 5) is 15.0. The van der Waals surface area contributed by atoms with E-state index in [4.69, 9.17) is 10.2 Å². The normalized spacial score (nSPS) is 13.0. The van der Waals surface area contributed by atoms with Crippen LogP contribution in [0, 0.1) is 0 Å². The standard InChI is InChI=1S/C9H15N3O2S/c1-6(2)12-7(8(10)13)5-15-9-11-3-4-14-9/h3-4,6-7,12H,5H2,1-2H3,(H2,10,13). The van der Waals surface area contributed by atoms with Gasteiger partial charge in [0.1, 0.15) is 6.26 Å². The minimum absolute atomic E-state index is 0.215. The number of nitrogens with zero attached hydrogens (tertiary/aromatic N) is 1. The fourth-order valence-electron chi connectivity index (χ4n) is 1.05. The van der Waals surface area contributed by atoms with Gasteiger partial charge in [-0.2, -0.15) is 0 Å². The summed E-state index contributed by atoms with van der Waals surface area (Å²) in [5.74, 6) is 0.163. The summed E-state index contributed by atoms with van der Waals surface area (Å²) < 4.78 is 5.04. The van der Waals surface area contributed by atoms with Crippen LogP contribution < -0.4 is 11.1 Å². The Kier molecular flexibility index (Phi) is 4.64. The number of amides is 1. The zero-order valence-electron chi connectivity index (χ0n) is 8.77. The number of rotatable bonds is 6. The molecule has 1 amide bonds. The van der Waals surface area contributed by atoms with Gasteiger partial charge in [-0.15, -0.1) is 0 Å². The Hall–Kier alpha value is -1.01. The van der Waals surface area contributed by atoms with Crippen LogP contribution in [0.15, 0.2) is 22.1 Å². The molecule has 0 spiro atoms. The number of hydrogen-bond acceptors (Lipinski definition) is 5. The van der Waals surface area contributed by atoms with Crippen molar-refractivity contribution < 1.29 is 9.21 Å². The van der Waals surface area contributed by atoms with Gasteiger partial charge in [0.05, 0.1) is 12.2 Å². The van der Waals surface area contributed by atoms with E-state index in [9.17, 15) is 4.79 Å². The molecule has 0 fully saturated rings. The average molecular weight is 229 g/mol. The molecule has 6 heteroatoms. The second kappa shape index (κ2) is 5.77. The second-order valence-corrected chi connectivity index (χ2v) is 4.36. The minimum atomic E-state index is -0.359. The van der Waals surface area contributed by atoms with Crippen molar-refractivity contribution in [2.75, 3.05) is 5.75 Å². The van der Waals surface area contributed by atoms with E-state index in [1.807, 2.05) is 13.8 Å². The third-order valence-electron chi connectivity index (χ3n) is 1.66. The van der Waals surface area contributed by atoms with Crippen molar-refractivity contribution in [3.8, 4) is 0 Å². The van der Waals surface area contributed by atoms with Gasteiger partial charge in [0.25, 0.3) is 5.22 Å². The number of aromatic nitrogens is 1. The molecule has 0 saturated heterocycles. The van der Waals surface area contributed by atoms with Crippen LogP contribution in [0.2, 0.25) is 0 Å². The van der Waals surface area contributed by atoms with Gasteiger partial charge < -0.3 is 15.5 Å². The maximum absolute atomic E-state index is 11.1. The molecule has 1 aromatic heterocycles. The van der Waals surface area contributed by atoms with E-state index in [0.717, 1.165) is 0 Å². The molecule has 84 valence electrons. The zero-order valence-corrected chi connectivity index (χ0v) is 9.58. The predicted molar refractivity (Wildman–Crippen MR) is 58.5 cm³/mol. The first kappa shape index (κ1) is 12.1. The highest BCUT2D eigenvalue weighted by Crippen LogP contribution is 2.15. The van der Waals surface area contributed by atoms with Gasteiger partial charge in [-0.05, 0) is 0 Å². The predicted octanol–water partition coefficient (Wildman–Crippen LogP) is 0.619. The van der Waals surface area contributed by atoms with Crippen molar-refractivity contribution in [3.05, 3.63) is 12.5 Å². The fraction of sp³-hybridized carbons (Fsp3) is 0.556. The van der Waals surface area contributed by atoms with Gasteiger partial charge in [-0.25, -0.2) is 4.98 Å². The first-order valence-electron chi connectivity index (χ1n) is 4.67. The zero-order chi connectivity index (χ0) is 11.3. The molecule has 1 unspecified atom stereocenters. The topological polar surface area (TPSA) is 81.2 Å². The Morgan fingerprint density at radius 3 is 2.93 bits per heavy atom. The summed E-state index contributed by atoms with van der Waals surface area (Å²) in [5, 5.41) is 3.62. The van der Waals surface area contributed by atoms with Crippen molar-refractivity contribution in [2.45, 2.75) is 31.2 Å². The first-order chi connectivity index (χ1) is 7.09. The van der Waals surface area contributed by atoms with E-state index >= 15 is 0 Å². The maximum atomic E-state index is 11.1. The Labute approximate surface area is 92.8 Å². The van der Waals surface area contributed by atoms with E-state index in [1.54, 1.807) is 6.20 Å². The van der Waals surface area contributed by atoms with E-state index < -0.39 is 0 Å². The largest absolute Gasteiger partial charge is 0.440 e. The number of carbonyl (C=O) groups excluding carboxylic acids is 1. The summed E-state index contributed by atoms with van der Waals surface area (Å²) >= 11 is 1.36. The summed E-state index contributed by atoms with van der Waals surface area (Å²) in [6.45, 7) is 3.93. The average Bonchev–Trinajstić information content (AvgIpc) is 2.63. The van der Waals surface area contributed by atoms with Gasteiger partial charge in [0, 0.05) is 11.8 Å². The number of nitrogens with two attached hydrogens (primary N) is 1. The SMILES string of the molecule is CC(C)NC(CSc1ncco1)C(N)=O. The Balaban J connectivity index is 2.41. The second-order valence-electron chi connectivity index (χ2n) is 3.39. The lowest BCUT2D eigenvalue weighted by molar-refractivity contribution is -0.119. The van der Waals surface area contributed by atoms with Crippen molar-refractivity contribution in [2.24, 2.45) is 5.73 Å². The van der Waals surface area contributed by atoms with Crippen LogP contribution in [-0.2, 0) is 4.79 Å². The number of thioether (sulfide) groups is 1. The third kappa shape index (κ3) is 4.35. The van der Waals surface area contributed by atoms with Crippen LogP contribution in [-0.4, -0.2) is 28.7 Å². The molecule has 0 radical (unpaired) electrons. The summed E-state index contributed by atoms with van der Waals surface area (Å²) in [6, 6.07) is -0.144. The van der Waals surface area contributed by atoms with Crippen LogP contribution in [0.1, 0.15) is 13.8 Å². The molecule has 3 N–H and O–H groups in total. The van der Waals surface area contributed by atoms with E-state index in [2.05, 4.69) is 10.3 Å². The molecule has 1 rings (SSSR count). The van der Waals surface area contributed by atoms with Gasteiger partial charge in [0.15, 0.2) is 0 Å². The van der Waals surface area contributed by atoms with Crippen LogP contribution in [0.3, 0.4) is 0 Å². The molecular weight excluding hydrogens is 214 g/mol. The van der Waals surface area contributed by atoms with E-state index in [1.165, 1.54) is 18.0 Å². The number of hydrogen-bond donors (Lipinski definition) is 2. The molecule has 15 heavy (non-hydrogen) atoms. The lowest BCUT2D eigenvalue weighted by Gasteiger charge is -2.16. The number of primary amides is 1. The number of carbonyl (C=O) groups is 1. The molecule has 1 aromatic rings. The Morgan fingerprint density at radius 2 is 2.47 bits per heavy atom. The van der Waals surface area contributed by atoms with Crippen molar-refractivity contribution in [3.63, 3.8) is 0 Å². The van der Waals surface area contributed by atoms with Gasteiger partial charge >= 0.3 is 0 Å². The molecule has 0 aliphatic heterocycles. The van der Waals surface area contributed by atoms with Crippen LogP contribution in [0.25, 0.3) is 0 Å². The highest BCUT2D eigenvalue weighted by atomic mass is 32.2. The van der Waals surface area contributed by atoms with Gasteiger partial charge in [-0.1, -0.05) is 25.6 Å². The quantitative estimate of drug-likeness (QED) is 0.699. The molecule has 0 aliphatic rings. The molecule has 0 bridgehead atoms. The number of oxazole rings is 1. The Bertz CT molecular complexity index is 300. The van der Waals surface area contributed by atoms with Gasteiger partial charge in [0.2, 0.25) is 5.91 Å². The molecular formula is C9H15N3O2S. The van der Waals surface area contributed by atoms with Crippen molar-refractivity contribution in [1.29, 1.82) is 0 Å². The van der Waals surface area contributed by atoms with Crippen molar-refractivity contribution >= 4 is 17.7 Å². The molecule has 5 nitrogen and oxygen atoms in total. The molecule has 0 saturated carbocycles.